The third-order valence-corrected chi connectivity index (χ3v) is 2.85. The Morgan fingerprint density at radius 1 is 1.50 bits per heavy atom. The number of hydrogen-bond acceptors (Lipinski definition) is 4. The van der Waals surface area contributed by atoms with E-state index in [1.807, 2.05) is 22.9 Å². The molecule has 0 atom stereocenters. The lowest BCUT2D eigenvalue weighted by atomic mass is 10.4. The summed E-state index contributed by atoms with van der Waals surface area (Å²) in [6.45, 7) is 1.16. The van der Waals surface area contributed by atoms with Gasteiger partial charge < -0.3 is 14.8 Å². The van der Waals surface area contributed by atoms with Crippen molar-refractivity contribution in [2.24, 2.45) is 5.73 Å². The fourth-order valence-corrected chi connectivity index (χ4v) is 1.77. The van der Waals surface area contributed by atoms with Gasteiger partial charge in [-0.1, -0.05) is 5.16 Å². The summed E-state index contributed by atoms with van der Waals surface area (Å²) in [4.78, 5) is 4.38. The number of nitrogens with zero attached hydrogens (tertiary/aromatic N) is 3. The molecule has 0 aromatic carbocycles. The quantitative estimate of drug-likeness (QED) is 0.838. The highest BCUT2D eigenvalue weighted by Crippen LogP contribution is 2.38. The lowest BCUT2D eigenvalue weighted by molar-refractivity contribution is 0.373. The third kappa shape index (κ3) is 1.74. The fourth-order valence-electron chi connectivity index (χ4n) is 1.77. The second kappa shape index (κ2) is 3.75. The van der Waals surface area contributed by atoms with Gasteiger partial charge in [-0.2, -0.15) is 4.98 Å². The number of hydrogen-bond donors (Lipinski definition) is 1. The van der Waals surface area contributed by atoms with Crippen LogP contribution < -0.4 is 5.73 Å². The second-order valence-corrected chi connectivity index (χ2v) is 4.15. The average Bonchev–Trinajstić information content (AvgIpc) is 2.88. The Morgan fingerprint density at radius 3 is 3.12 bits per heavy atom. The number of nitrogens with two attached hydrogens (primary N) is 1. The SMILES string of the molecule is NCc1cccn1Cc1noc(C2CC2)n1. The third-order valence-electron chi connectivity index (χ3n) is 2.85. The summed E-state index contributed by atoms with van der Waals surface area (Å²) in [5, 5.41) is 3.98. The highest BCUT2D eigenvalue weighted by Gasteiger charge is 2.29. The standard InChI is InChI=1S/C11H14N4O/c12-6-9-2-1-5-15(9)7-10-13-11(16-14-10)8-3-4-8/h1-2,5,8H,3-4,6-7,12H2. The van der Waals surface area contributed by atoms with Gasteiger partial charge >= 0.3 is 0 Å². The number of rotatable bonds is 4. The van der Waals surface area contributed by atoms with Gasteiger partial charge in [-0.05, 0) is 25.0 Å². The van der Waals surface area contributed by atoms with E-state index in [9.17, 15) is 0 Å². The molecule has 1 aliphatic rings. The molecule has 1 saturated carbocycles. The molecule has 16 heavy (non-hydrogen) atoms. The molecule has 2 aromatic rings. The molecule has 5 nitrogen and oxygen atoms in total. The van der Waals surface area contributed by atoms with Crippen LogP contribution in [0.2, 0.25) is 0 Å². The van der Waals surface area contributed by atoms with Crippen molar-refractivity contribution in [1.82, 2.24) is 14.7 Å². The first kappa shape index (κ1) is 9.59. The maximum absolute atomic E-state index is 5.63. The molecule has 1 aliphatic carbocycles. The van der Waals surface area contributed by atoms with Crippen molar-refractivity contribution < 1.29 is 4.52 Å². The zero-order chi connectivity index (χ0) is 11.0. The van der Waals surface area contributed by atoms with Crippen LogP contribution in [-0.2, 0) is 13.1 Å². The molecular formula is C11H14N4O. The Labute approximate surface area is 93.3 Å². The van der Waals surface area contributed by atoms with E-state index in [-0.39, 0.29) is 0 Å². The topological polar surface area (TPSA) is 69.9 Å². The van der Waals surface area contributed by atoms with Gasteiger partial charge in [0.15, 0.2) is 5.82 Å². The highest BCUT2D eigenvalue weighted by atomic mass is 16.5. The van der Waals surface area contributed by atoms with Crippen molar-refractivity contribution in [2.45, 2.75) is 31.8 Å². The first-order valence-corrected chi connectivity index (χ1v) is 5.53. The molecule has 0 radical (unpaired) electrons. The molecule has 1 fully saturated rings. The van der Waals surface area contributed by atoms with Crippen molar-refractivity contribution in [3.63, 3.8) is 0 Å². The summed E-state index contributed by atoms with van der Waals surface area (Å²) in [5.41, 5.74) is 6.71. The van der Waals surface area contributed by atoms with E-state index in [0.717, 1.165) is 17.4 Å². The minimum Gasteiger partial charge on any atom is -0.342 e. The summed E-state index contributed by atoms with van der Waals surface area (Å²) in [5.74, 6) is 2.03. The maximum atomic E-state index is 5.63. The molecule has 2 aromatic heterocycles. The van der Waals surface area contributed by atoms with E-state index in [0.29, 0.717) is 19.0 Å². The van der Waals surface area contributed by atoms with Crippen molar-refractivity contribution >= 4 is 0 Å². The monoisotopic (exact) mass is 218 g/mol. The van der Waals surface area contributed by atoms with Crippen LogP contribution >= 0.6 is 0 Å². The predicted molar refractivity (Wildman–Crippen MR) is 57.7 cm³/mol. The summed E-state index contributed by atoms with van der Waals surface area (Å²) >= 11 is 0. The fraction of sp³-hybridized carbons (Fsp3) is 0.455. The normalized spacial score (nSPS) is 15.6. The van der Waals surface area contributed by atoms with Crippen LogP contribution in [0, 0.1) is 0 Å². The zero-order valence-electron chi connectivity index (χ0n) is 8.97. The Bertz CT molecular complexity index is 484. The average molecular weight is 218 g/mol. The molecule has 84 valence electrons. The van der Waals surface area contributed by atoms with Crippen molar-refractivity contribution in [1.29, 1.82) is 0 Å². The Balaban J connectivity index is 1.77. The minimum absolute atomic E-state index is 0.514. The lowest BCUT2D eigenvalue weighted by Crippen LogP contribution is -2.08. The van der Waals surface area contributed by atoms with Gasteiger partial charge in [-0.15, -0.1) is 0 Å². The van der Waals surface area contributed by atoms with E-state index in [1.54, 1.807) is 0 Å². The predicted octanol–water partition coefficient (Wildman–Crippen LogP) is 1.26. The van der Waals surface area contributed by atoms with Crippen LogP contribution in [-0.4, -0.2) is 14.7 Å². The van der Waals surface area contributed by atoms with Gasteiger partial charge in [0.1, 0.15) is 0 Å². The van der Waals surface area contributed by atoms with E-state index in [2.05, 4.69) is 10.1 Å². The van der Waals surface area contributed by atoms with Crippen LogP contribution in [0.1, 0.15) is 36.2 Å². The molecule has 0 unspecified atom stereocenters. The van der Waals surface area contributed by atoms with E-state index >= 15 is 0 Å². The Morgan fingerprint density at radius 2 is 2.38 bits per heavy atom. The summed E-state index contributed by atoms with van der Waals surface area (Å²) in [7, 11) is 0. The van der Waals surface area contributed by atoms with Crippen molar-refractivity contribution in [3.8, 4) is 0 Å². The molecule has 0 aliphatic heterocycles. The van der Waals surface area contributed by atoms with Gasteiger partial charge in [0.05, 0.1) is 6.54 Å². The highest BCUT2D eigenvalue weighted by molar-refractivity contribution is 5.09. The molecule has 0 spiro atoms. The molecule has 0 bridgehead atoms. The van der Waals surface area contributed by atoms with E-state index < -0.39 is 0 Å². The molecule has 0 saturated heterocycles. The summed E-state index contributed by atoms with van der Waals surface area (Å²) in [6.07, 6.45) is 4.34. The van der Waals surface area contributed by atoms with E-state index in [4.69, 9.17) is 10.3 Å². The summed E-state index contributed by atoms with van der Waals surface area (Å²) in [6, 6.07) is 3.98. The first-order chi connectivity index (χ1) is 7.86. The molecule has 3 rings (SSSR count). The van der Waals surface area contributed by atoms with Crippen LogP contribution in [0.5, 0.6) is 0 Å². The summed E-state index contributed by atoms with van der Waals surface area (Å²) < 4.78 is 7.25. The van der Waals surface area contributed by atoms with Crippen LogP contribution in [0.15, 0.2) is 22.9 Å². The van der Waals surface area contributed by atoms with E-state index in [1.165, 1.54) is 12.8 Å². The zero-order valence-corrected chi connectivity index (χ0v) is 8.97. The van der Waals surface area contributed by atoms with Crippen molar-refractivity contribution in [3.05, 3.63) is 35.7 Å². The second-order valence-electron chi connectivity index (χ2n) is 4.15. The van der Waals surface area contributed by atoms with Crippen LogP contribution in [0.4, 0.5) is 0 Å². The number of aromatic nitrogens is 3. The van der Waals surface area contributed by atoms with Crippen molar-refractivity contribution in [2.75, 3.05) is 0 Å². The van der Waals surface area contributed by atoms with Gasteiger partial charge in [0.25, 0.3) is 0 Å². The molecule has 0 amide bonds. The Hall–Kier alpha value is -1.62. The van der Waals surface area contributed by atoms with Gasteiger partial charge in [0, 0.05) is 24.4 Å². The van der Waals surface area contributed by atoms with Gasteiger partial charge in [0.2, 0.25) is 5.89 Å². The van der Waals surface area contributed by atoms with Crippen LogP contribution in [0.25, 0.3) is 0 Å². The molecular weight excluding hydrogens is 204 g/mol. The Kier molecular flexibility index (Phi) is 2.25. The maximum Gasteiger partial charge on any atom is 0.229 e. The van der Waals surface area contributed by atoms with Gasteiger partial charge in [-0.3, -0.25) is 0 Å². The minimum atomic E-state index is 0.514. The largest absolute Gasteiger partial charge is 0.342 e. The molecule has 5 heteroatoms. The molecule has 2 heterocycles. The first-order valence-electron chi connectivity index (χ1n) is 5.53. The molecule has 2 N–H and O–H groups in total. The van der Waals surface area contributed by atoms with Crippen LogP contribution in [0.3, 0.4) is 0 Å². The lowest BCUT2D eigenvalue weighted by Gasteiger charge is -2.03. The van der Waals surface area contributed by atoms with Gasteiger partial charge in [-0.25, -0.2) is 0 Å². The smallest absolute Gasteiger partial charge is 0.229 e.